The van der Waals surface area contributed by atoms with Crippen molar-refractivity contribution in [2.45, 2.75) is 44.0 Å². The Balaban J connectivity index is 1.23. The Morgan fingerprint density at radius 1 is 1.12 bits per heavy atom. The first-order chi connectivity index (χ1) is 12.7. The fourth-order valence-corrected chi connectivity index (χ4v) is 3.75. The highest BCUT2D eigenvalue weighted by atomic mass is 16.7. The Labute approximate surface area is 153 Å². The van der Waals surface area contributed by atoms with Crippen molar-refractivity contribution in [3.8, 4) is 5.75 Å². The van der Waals surface area contributed by atoms with Crippen molar-refractivity contribution in [2.24, 2.45) is 0 Å². The minimum atomic E-state index is -0.394. The minimum Gasteiger partial charge on any atom is -0.484 e. The maximum atomic E-state index is 12.1. The van der Waals surface area contributed by atoms with Gasteiger partial charge in [-0.3, -0.25) is 4.79 Å². The van der Waals surface area contributed by atoms with Gasteiger partial charge in [-0.25, -0.2) is 0 Å². The summed E-state index contributed by atoms with van der Waals surface area (Å²) in [6.07, 6.45) is 5.41. The molecule has 1 heterocycles. The van der Waals surface area contributed by atoms with E-state index in [2.05, 4.69) is 11.4 Å². The van der Waals surface area contributed by atoms with Gasteiger partial charge in [0, 0.05) is 19.4 Å². The van der Waals surface area contributed by atoms with Gasteiger partial charge in [-0.1, -0.05) is 36.8 Å². The van der Waals surface area contributed by atoms with Gasteiger partial charge in [0.25, 0.3) is 5.91 Å². The Morgan fingerprint density at radius 3 is 2.77 bits per heavy atom. The van der Waals surface area contributed by atoms with Crippen LogP contribution in [0.4, 0.5) is 0 Å². The Morgan fingerprint density at radius 2 is 1.92 bits per heavy atom. The van der Waals surface area contributed by atoms with Crippen LogP contribution in [0.2, 0.25) is 0 Å². The molecule has 0 aromatic heterocycles. The number of fused-ring (bicyclic) bond motifs is 1. The van der Waals surface area contributed by atoms with E-state index in [1.54, 1.807) is 0 Å². The third-order valence-corrected chi connectivity index (χ3v) is 5.15. The van der Waals surface area contributed by atoms with Gasteiger partial charge in [-0.05, 0) is 35.7 Å². The number of carbonyl (C=O) groups excluding carboxylic acids is 1. The van der Waals surface area contributed by atoms with Gasteiger partial charge in [0.2, 0.25) is 0 Å². The molecule has 26 heavy (non-hydrogen) atoms. The highest BCUT2D eigenvalue weighted by Gasteiger charge is 2.42. The molecule has 4 rings (SSSR count). The SMILES string of the molecule is O=C(COc1ccc2ccccc2c1)NC[C@@H]1COC2(CCCCC2)O1. The summed E-state index contributed by atoms with van der Waals surface area (Å²) in [4.78, 5) is 12.1. The standard InChI is InChI=1S/C21H25NO4/c23-20(15-24-18-9-8-16-6-2-3-7-17(16)12-18)22-13-19-14-25-21(26-19)10-4-1-5-11-21/h2-3,6-9,12,19H,1,4-5,10-11,13-15H2,(H,22,23)/t19-/m1/s1. The van der Waals surface area contributed by atoms with E-state index in [0.29, 0.717) is 18.9 Å². The van der Waals surface area contributed by atoms with E-state index in [4.69, 9.17) is 14.2 Å². The van der Waals surface area contributed by atoms with E-state index in [1.165, 1.54) is 6.42 Å². The summed E-state index contributed by atoms with van der Waals surface area (Å²) in [5, 5.41) is 5.13. The lowest BCUT2D eigenvalue weighted by Crippen LogP contribution is -2.38. The lowest BCUT2D eigenvalue weighted by atomic mass is 9.94. The lowest BCUT2D eigenvalue weighted by Gasteiger charge is -2.31. The molecule has 0 unspecified atom stereocenters. The number of carbonyl (C=O) groups is 1. The van der Waals surface area contributed by atoms with Gasteiger partial charge < -0.3 is 19.5 Å². The Hall–Kier alpha value is -2.11. The van der Waals surface area contributed by atoms with Crippen molar-refractivity contribution >= 4 is 16.7 Å². The number of amides is 1. The van der Waals surface area contributed by atoms with Gasteiger partial charge in [0.05, 0.1) is 6.61 Å². The Kier molecular flexibility index (Phi) is 5.09. The van der Waals surface area contributed by atoms with Crippen molar-refractivity contribution < 1.29 is 19.0 Å². The third kappa shape index (κ3) is 4.00. The van der Waals surface area contributed by atoms with Crippen LogP contribution in [0, 0.1) is 0 Å². The first kappa shape index (κ1) is 17.3. The number of hydrogen-bond donors (Lipinski definition) is 1. The molecule has 0 bridgehead atoms. The predicted molar refractivity (Wildman–Crippen MR) is 99.1 cm³/mol. The molecule has 1 aliphatic heterocycles. The zero-order valence-corrected chi connectivity index (χ0v) is 14.9. The molecule has 5 nitrogen and oxygen atoms in total. The minimum absolute atomic E-state index is 0.00292. The molecule has 0 radical (unpaired) electrons. The highest BCUT2D eigenvalue weighted by Crippen LogP contribution is 2.37. The lowest BCUT2D eigenvalue weighted by molar-refractivity contribution is -0.186. The van der Waals surface area contributed by atoms with E-state index in [0.717, 1.165) is 36.5 Å². The van der Waals surface area contributed by atoms with Gasteiger partial charge in [-0.2, -0.15) is 0 Å². The van der Waals surface area contributed by atoms with Gasteiger partial charge in [0.1, 0.15) is 11.9 Å². The second-order valence-electron chi connectivity index (χ2n) is 7.12. The summed E-state index contributed by atoms with van der Waals surface area (Å²) >= 11 is 0. The summed E-state index contributed by atoms with van der Waals surface area (Å²) in [5.41, 5.74) is 0. The van der Waals surface area contributed by atoms with Crippen molar-refractivity contribution in [3.63, 3.8) is 0 Å². The number of benzene rings is 2. The van der Waals surface area contributed by atoms with Crippen LogP contribution in [0.15, 0.2) is 42.5 Å². The fourth-order valence-electron chi connectivity index (χ4n) is 3.75. The second kappa shape index (κ2) is 7.64. The molecule has 138 valence electrons. The molecule has 2 aromatic rings. The van der Waals surface area contributed by atoms with Crippen LogP contribution in [0.25, 0.3) is 10.8 Å². The summed E-state index contributed by atoms with van der Waals surface area (Å²) in [5.74, 6) is 0.154. The van der Waals surface area contributed by atoms with Gasteiger partial charge >= 0.3 is 0 Å². The molecule has 2 fully saturated rings. The van der Waals surface area contributed by atoms with E-state index in [1.807, 2.05) is 36.4 Å². The molecule has 1 aliphatic carbocycles. The fraction of sp³-hybridized carbons (Fsp3) is 0.476. The quantitative estimate of drug-likeness (QED) is 0.893. The molecule has 1 saturated carbocycles. The molecule has 1 spiro atoms. The molecule has 1 N–H and O–H groups in total. The molecular formula is C21H25NO4. The molecule has 2 aliphatic rings. The maximum absolute atomic E-state index is 12.1. The Bertz CT molecular complexity index is 769. The van der Waals surface area contributed by atoms with E-state index >= 15 is 0 Å². The molecule has 1 atom stereocenters. The van der Waals surface area contributed by atoms with Crippen LogP contribution in [-0.2, 0) is 14.3 Å². The maximum Gasteiger partial charge on any atom is 0.258 e. The zero-order chi connectivity index (χ0) is 17.8. The number of ether oxygens (including phenoxy) is 3. The molecule has 2 aromatic carbocycles. The molecule has 1 amide bonds. The molecule has 5 heteroatoms. The van der Waals surface area contributed by atoms with Crippen molar-refractivity contribution in [2.75, 3.05) is 19.8 Å². The van der Waals surface area contributed by atoms with Crippen LogP contribution >= 0.6 is 0 Å². The van der Waals surface area contributed by atoms with Crippen LogP contribution in [0.3, 0.4) is 0 Å². The number of nitrogens with one attached hydrogen (secondary N) is 1. The van der Waals surface area contributed by atoms with E-state index in [-0.39, 0.29) is 18.6 Å². The largest absolute Gasteiger partial charge is 0.484 e. The van der Waals surface area contributed by atoms with E-state index < -0.39 is 5.79 Å². The van der Waals surface area contributed by atoms with Crippen LogP contribution in [0.1, 0.15) is 32.1 Å². The van der Waals surface area contributed by atoms with Crippen molar-refractivity contribution in [1.29, 1.82) is 0 Å². The topological polar surface area (TPSA) is 56.8 Å². The normalized spacial score (nSPS) is 21.8. The number of hydrogen-bond acceptors (Lipinski definition) is 4. The van der Waals surface area contributed by atoms with Gasteiger partial charge in [-0.15, -0.1) is 0 Å². The first-order valence-corrected chi connectivity index (χ1v) is 9.43. The molecular weight excluding hydrogens is 330 g/mol. The average Bonchev–Trinajstić information content (AvgIpc) is 3.07. The monoisotopic (exact) mass is 355 g/mol. The zero-order valence-electron chi connectivity index (χ0n) is 14.9. The first-order valence-electron chi connectivity index (χ1n) is 9.43. The highest BCUT2D eigenvalue weighted by molar-refractivity contribution is 5.84. The van der Waals surface area contributed by atoms with E-state index in [9.17, 15) is 4.79 Å². The number of rotatable bonds is 5. The molecule has 1 saturated heterocycles. The van der Waals surface area contributed by atoms with Crippen LogP contribution in [-0.4, -0.2) is 37.6 Å². The summed E-state index contributed by atoms with van der Waals surface area (Å²) in [6.45, 7) is 1.00. The van der Waals surface area contributed by atoms with Crippen LogP contribution < -0.4 is 10.1 Å². The summed E-state index contributed by atoms with van der Waals surface area (Å²) in [6, 6.07) is 13.9. The smallest absolute Gasteiger partial charge is 0.258 e. The van der Waals surface area contributed by atoms with Crippen molar-refractivity contribution in [1.82, 2.24) is 5.32 Å². The van der Waals surface area contributed by atoms with Crippen molar-refractivity contribution in [3.05, 3.63) is 42.5 Å². The summed E-state index contributed by atoms with van der Waals surface area (Å²) < 4.78 is 17.6. The van der Waals surface area contributed by atoms with Gasteiger partial charge in [0.15, 0.2) is 12.4 Å². The summed E-state index contributed by atoms with van der Waals surface area (Å²) in [7, 11) is 0. The third-order valence-electron chi connectivity index (χ3n) is 5.15. The second-order valence-corrected chi connectivity index (χ2v) is 7.12. The average molecular weight is 355 g/mol. The van der Waals surface area contributed by atoms with Crippen LogP contribution in [0.5, 0.6) is 5.75 Å². The predicted octanol–water partition coefficient (Wildman–Crippen LogP) is 3.41.